The second kappa shape index (κ2) is 9.98. The standard InChI is InChI=1S/C19H23NO2.C2H2O4/c1-20(2)13-18-14-21-15-19(22-18,16-9-5-3-6-10-16)17-11-7-4-8-12-17;3-1(4)2(5)6/h3-12,18H,13-15H2,1-2H3;(H,3,4)(H,5,6). The largest absolute Gasteiger partial charge is 0.473 e. The summed E-state index contributed by atoms with van der Waals surface area (Å²) in [7, 11) is 4.12. The lowest BCUT2D eigenvalue weighted by atomic mass is 9.86. The molecule has 0 aromatic heterocycles. The maximum Gasteiger partial charge on any atom is 0.414 e. The average Bonchev–Trinajstić information content (AvgIpc) is 2.69. The summed E-state index contributed by atoms with van der Waals surface area (Å²) < 4.78 is 12.5. The molecule has 1 atom stereocenters. The lowest BCUT2D eigenvalue weighted by molar-refractivity contribution is -0.188. The number of carboxylic acid groups (broad SMARTS) is 2. The first kappa shape index (κ1) is 21.6. The van der Waals surface area contributed by atoms with Crippen LogP contribution in [0, 0.1) is 0 Å². The first-order chi connectivity index (χ1) is 13.3. The Kier molecular flexibility index (Phi) is 7.69. The minimum Gasteiger partial charge on any atom is -0.473 e. The summed E-state index contributed by atoms with van der Waals surface area (Å²) in [6.07, 6.45) is 0.0594. The van der Waals surface area contributed by atoms with Crippen molar-refractivity contribution in [2.75, 3.05) is 33.9 Å². The fourth-order valence-electron chi connectivity index (χ4n) is 3.07. The second-order valence-corrected chi connectivity index (χ2v) is 6.69. The van der Waals surface area contributed by atoms with Crippen molar-refractivity contribution in [2.24, 2.45) is 0 Å². The number of ether oxygens (including phenoxy) is 2. The number of carbonyl (C=O) groups is 2. The molecule has 2 N–H and O–H groups in total. The van der Waals surface area contributed by atoms with Crippen LogP contribution in [0.2, 0.25) is 0 Å². The van der Waals surface area contributed by atoms with Crippen LogP contribution in [-0.4, -0.2) is 67.0 Å². The first-order valence-electron chi connectivity index (χ1n) is 8.82. The van der Waals surface area contributed by atoms with Crippen molar-refractivity contribution in [1.29, 1.82) is 0 Å². The van der Waals surface area contributed by atoms with Crippen LogP contribution < -0.4 is 0 Å². The van der Waals surface area contributed by atoms with Gasteiger partial charge in [0.05, 0.1) is 19.3 Å². The van der Waals surface area contributed by atoms with E-state index >= 15 is 0 Å². The highest BCUT2D eigenvalue weighted by molar-refractivity contribution is 6.27. The highest BCUT2D eigenvalue weighted by Crippen LogP contribution is 2.37. The Balaban J connectivity index is 0.000000409. The summed E-state index contributed by atoms with van der Waals surface area (Å²) in [4.78, 5) is 20.3. The lowest BCUT2D eigenvalue weighted by Gasteiger charge is -2.42. The van der Waals surface area contributed by atoms with Gasteiger partial charge in [-0.1, -0.05) is 60.7 Å². The van der Waals surface area contributed by atoms with E-state index in [2.05, 4.69) is 67.5 Å². The van der Waals surface area contributed by atoms with Crippen LogP contribution in [0.15, 0.2) is 60.7 Å². The molecule has 0 spiro atoms. The SMILES string of the molecule is CN(C)CC1COCC(c2ccccc2)(c2ccccc2)O1.O=C(O)C(=O)O. The minimum atomic E-state index is -1.82. The molecule has 0 bridgehead atoms. The molecule has 3 rings (SSSR count). The Morgan fingerprint density at radius 1 is 0.964 bits per heavy atom. The summed E-state index contributed by atoms with van der Waals surface area (Å²) in [5, 5.41) is 14.8. The van der Waals surface area contributed by atoms with Crippen LogP contribution in [0.1, 0.15) is 11.1 Å². The van der Waals surface area contributed by atoms with Gasteiger partial charge in [0.25, 0.3) is 0 Å². The van der Waals surface area contributed by atoms with E-state index < -0.39 is 17.5 Å². The van der Waals surface area contributed by atoms with Crippen molar-refractivity contribution < 1.29 is 29.3 Å². The van der Waals surface area contributed by atoms with Gasteiger partial charge in [0.15, 0.2) is 0 Å². The number of likely N-dealkylation sites (N-methyl/N-ethyl adjacent to an activating group) is 1. The van der Waals surface area contributed by atoms with E-state index in [1.165, 1.54) is 0 Å². The predicted octanol–water partition coefficient (Wildman–Crippen LogP) is 2.06. The second-order valence-electron chi connectivity index (χ2n) is 6.69. The number of nitrogens with zero attached hydrogens (tertiary/aromatic N) is 1. The zero-order valence-electron chi connectivity index (χ0n) is 15.9. The minimum absolute atomic E-state index is 0.0594. The zero-order chi connectivity index (χ0) is 20.6. The van der Waals surface area contributed by atoms with Crippen molar-refractivity contribution >= 4 is 11.9 Å². The molecule has 1 saturated heterocycles. The highest BCUT2D eigenvalue weighted by Gasteiger charge is 2.41. The normalized spacial score (nSPS) is 18.0. The molecular weight excluding hydrogens is 362 g/mol. The number of rotatable bonds is 4. The molecule has 2 aromatic carbocycles. The van der Waals surface area contributed by atoms with Crippen LogP contribution in [0.4, 0.5) is 0 Å². The van der Waals surface area contributed by atoms with Crippen LogP contribution >= 0.6 is 0 Å². The summed E-state index contributed by atoms with van der Waals surface area (Å²) in [5.41, 5.74) is 1.76. The van der Waals surface area contributed by atoms with Crippen molar-refractivity contribution in [3.8, 4) is 0 Å². The van der Waals surface area contributed by atoms with E-state index in [1.807, 2.05) is 12.1 Å². The molecule has 0 radical (unpaired) electrons. The first-order valence-corrected chi connectivity index (χ1v) is 8.82. The van der Waals surface area contributed by atoms with Gasteiger partial charge in [0.2, 0.25) is 0 Å². The summed E-state index contributed by atoms with van der Waals surface area (Å²) in [6, 6.07) is 20.8. The predicted molar refractivity (Wildman–Crippen MR) is 103 cm³/mol. The van der Waals surface area contributed by atoms with E-state index in [1.54, 1.807) is 0 Å². The van der Waals surface area contributed by atoms with Crippen LogP contribution in [0.5, 0.6) is 0 Å². The van der Waals surface area contributed by atoms with Gasteiger partial charge in [-0.3, -0.25) is 0 Å². The van der Waals surface area contributed by atoms with Gasteiger partial charge in [-0.15, -0.1) is 0 Å². The molecule has 0 saturated carbocycles. The van der Waals surface area contributed by atoms with Gasteiger partial charge in [-0.25, -0.2) is 9.59 Å². The van der Waals surface area contributed by atoms with Gasteiger partial charge in [-0.2, -0.15) is 0 Å². The third-order valence-electron chi connectivity index (χ3n) is 4.21. The van der Waals surface area contributed by atoms with Gasteiger partial charge in [0, 0.05) is 6.54 Å². The molecule has 150 valence electrons. The van der Waals surface area contributed by atoms with Crippen LogP contribution in [-0.2, 0) is 24.7 Å². The monoisotopic (exact) mass is 387 g/mol. The molecule has 1 unspecified atom stereocenters. The highest BCUT2D eigenvalue weighted by atomic mass is 16.6. The van der Waals surface area contributed by atoms with Crippen molar-refractivity contribution in [2.45, 2.75) is 11.7 Å². The third-order valence-corrected chi connectivity index (χ3v) is 4.21. The molecule has 1 aliphatic heterocycles. The molecule has 2 aromatic rings. The number of hydrogen-bond donors (Lipinski definition) is 2. The maximum absolute atomic E-state index is 9.10. The Morgan fingerprint density at radius 3 is 1.82 bits per heavy atom. The van der Waals surface area contributed by atoms with Crippen LogP contribution in [0.25, 0.3) is 0 Å². The van der Waals surface area contributed by atoms with Crippen molar-refractivity contribution in [3.05, 3.63) is 71.8 Å². The summed E-state index contributed by atoms with van der Waals surface area (Å²) in [6.45, 7) is 2.03. The van der Waals surface area contributed by atoms with E-state index in [0.29, 0.717) is 13.2 Å². The van der Waals surface area contributed by atoms with Gasteiger partial charge < -0.3 is 24.6 Å². The fraction of sp³-hybridized carbons (Fsp3) is 0.333. The molecular formula is C21H25NO6. The van der Waals surface area contributed by atoms with E-state index in [4.69, 9.17) is 29.3 Å². The molecule has 0 aliphatic carbocycles. The van der Waals surface area contributed by atoms with Crippen molar-refractivity contribution in [3.63, 3.8) is 0 Å². The van der Waals surface area contributed by atoms with Gasteiger partial charge >= 0.3 is 11.9 Å². The smallest absolute Gasteiger partial charge is 0.414 e. The van der Waals surface area contributed by atoms with Crippen molar-refractivity contribution in [1.82, 2.24) is 4.90 Å². The third kappa shape index (κ3) is 5.63. The fourth-order valence-corrected chi connectivity index (χ4v) is 3.07. The van der Waals surface area contributed by atoms with E-state index in [-0.39, 0.29) is 6.10 Å². The zero-order valence-corrected chi connectivity index (χ0v) is 15.9. The number of aliphatic carboxylic acids is 2. The Labute approximate surface area is 164 Å². The van der Waals surface area contributed by atoms with E-state index in [0.717, 1.165) is 17.7 Å². The molecule has 1 heterocycles. The molecule has 7 nitrogen and oxygen atoms in total. The quantitative estimate of drug-likeness (QED) is 0.775. The Hall–Kier alpha value is -2.74. The topological polar surface area (TPSA) is 96.3 Å². The molecule has 1 aliphatic rings. The Morgan fingerprint density at radius 2 is 1.43 bits per heavy atom. The molecule has 28 heavy (non-hydrogen) atoms. The lowest BCUT2D eigenvalue weighted by Crippen LogP contribution is -2.49. The van der Waals surface area contributed by atoms with E-state index in [9.17, 15) is 0 Å². The molecule has 7 heteroatoms. The van der Waals surface area contributed by atoms with Gasteiger partial charge in [0.1, 0.15) is 5.60 Å². The number of benzene rings is 2. The molecule has 0 amide bonds. The summed E-state index contributed by atoms with van der Waals surface area (Å²) >= 11 is 0. The number of hydrogen-bond acceptors (Lipinski definition) is 5. The van der Waals surface area contributed by atoms with Crippen LogP contribution in [0.3, 0.4) is 0 Å². The number of carboxylic acids is 2. The summed E-state index contributed by atoms with van der Waals surface area (Å²) in [5.74, 6) is -3.65. The Bertz CT molecular complexity index is 711. The maximum atomic E-state index is 9.10. The molecule has 1 fully saturated rings. The van der Waals surface area contributed by atoms with Gasteiger partial charge in [-0.05, 0) is 25.2 Å². The average molecular weight is 387 g/mol.